The van der Waals surface area contributed by atoms with Crippen molar-refractivity contribution >= 4 is 17.2 Å². The highest BCUT2D eigenvalue weighted by Gasteiger charge is 2.27. The summed E-state index contributed by atoms with van der Waals surface area (Å²) in [6, 6.07) is 8.06. The van der Waals surface area contributed by atoms with Crippen molar-refractivity contribution in [1.82, 2.24) is 14.8 Å². The molecule has 0 aliphatic carbocycles. The van der Waals surface area contributed by atoms with Crippen LogP contribution in [0.3, 0.4) is 0 Å². The summed E-state index contributed by atoms with van der Waals surface area (Å²) < 4.78 is 6.22. The minimum absolute atomic E-state index is 0.109. The van der Waals surface area contributed by atoms with E-state index in [1.165, 1.54) is 0 Å². The number of aryl methyl sites for hydroxylation is 1. The molecule has 1 aromatic carbocycles. The van der Waals surface area contributed by atoms with Crippen molar-refractivity contribution in [3.63, 3.8) is 0 Å². The van der Waals surface area contributed by atoms with Gasteiger partial charge < -0.3 is 9.64 Å². The minimum Gasteiger partial charge on any atom is -0.480 e. The fourth-order valence-electron chi connectivity index (χ4n) is 3.79. The molecule has 1 atom stereocenters. The van der Waals surface area contributed by atoms with Gasteiger partial charge in [-0.05, 0) is 37.3 Å². The zero-order valence-electron chi connectivity index (χ0n) is 18.1. The third-order valence-electron chi connectivity index (χ3n) is 5.41. The summed E-state index contributed by atoms with van der Waals surface area (Å²) >= 11 is 1.70. The molecule has 0 spiro atoms. The summed E-state index contributed by atoms with van der Waals surface area (Å²) in [5, 5.41) is 3.24. The van der Waals surface area contributed by atoms with E-state index in [1.54, 1.807) is 11.3 Å². The van der Waals surface area contributed by atoms with Gasteiger partial charge in [-0.3, -0.25) is 9.69 Å². The van der Waals surface area contributed by atoms with Gasteiger partial charge in [0.15, 0.2) is 6.10 Å². The van der Waals surface area contributed by atoms with Gasteiger partial charge in [0.25, 0.3) is 5.91 Å². The van der Waals surface area contributed by atoms with Crippen molar-refractivity contribution in [2.75, 3.05) is 26.2 Å². The first kappa shape index (κ1) is 21.8. The van der Waals surface area contributed by atoms with E-state index in [4.69, 9.17) is 4.74 Å². The van der Waals surface area contributed by atoms with Gasteiger partial charge in [-0.15, -0.1) is 11.3 Å². The zero-order valence-corrected chi connectivity index (χ0v) is 18.9. The Kier molecular flexibility index (Phi) is 7.67. The van der Waals surface area contributed by atoms with Crippen LogP contribution in [0.5, 0.6) is 5.75 Å². The zero-order chi connectivity index (χ0) is 20.8. The molecule has 6 heteroatoms. The highest BCUT2D eigenvalue weighted by molar-refractivity contribution is 7.09. The first-order valence-corrected chi connectivity index (χ1v) is 11.5. The molecule has 1 aliphatic rings. The maximum atomic E-state index is 13.2. The van der Waals surface area contributed by atoms with E-state index in [0.29, 0.717) is 12.3 Å². The number of carbonyl (C=O) groups is 1. The molecular weight excluding hydrogens is 382 g/mol. The van der Waals surface area contributed by atoms with Gasteiger partial charge in [0, 0.05) is 38.1 Å². The third-order valence-corrected chi connectivity index (χ3v) is 6.23. The Morgan fingerprint density at radius 3 is 2.69 bits per heavy atom. The molecule has 0 saturated carbocycles. The molecule has 158 valence electrons. The molecule has 1 aromatic heterocycles. The molecule has 1 unspecified atom stereocenters. The number of carbonyl (C=O) groups excluding carboxylic acids is 1. The van der Waals surface area contributed by atoms with Crippen LogP contribution in [-0.4, -0.2) is 53.0 Å². The second-order valence-electron chi connectivity index (χ2n) is 8.02. The lowest BCUT2D eigenvalue weighted by Gasteiger charge is -2.27. The Morgan fingerprint density at radius 1 is 1.21 bits per heavy atom. The maximum absolute atomic E-state index is 13.2. The Labute approximate surface area is 178 Å². The summed E-state index contributed by atoms with van der Waals surface area (Å²) in [6.07, 6.45) is 1.22. The van der Waals surface area contributed by atoms with Crippen LogP contribution in [0.15, 0.2) is 29.6 Å². The maximum Gasteiger partial charge on any atom is 0.263 e. The minimum atomic E-state index is -0.428. The number of para-hydroxylation sites is 1. The molecule has 1 fully saturated rings. The van der Waals surface area contributed by atoms with Gasteiger partial charge in [0.2, 0.25) is 0 Å². The van der Waals surface area contributed by atoms with Gasteiger partial charge in [-0.1, -0.05) is 39.0 Å². The van der Waals surface area contributed by atoms with Gasteiger partial charge in [-0.25, -0.2) is 4.98 Å². The van der Waals surface area contributed by atoms with Crippen LogP contribution in [0.25, 0.3) is 0 Å². The predicted octanol–water partition coefficient (Wildman–Crippen LogP) is 4.47. The van der Waals surface area contributed by atoms with Crippen molar-refractivity contribution < 1.29 is 9.53 Å². The molecule has 0 N–H and O–H groups in total. The largest absolute Gasteiger partial charge is 0.480 e. The van der Waals surface area contributed by atoms with Crippen molar-refractivity contribution in [3.8, 4) is 5.75 Å². The average Bonchev–Trinajstić information content (AvgIpc) is 2.97. The number of rotatable bonds is 7. The van der Waals surface area contributed by atoms with Gasteiger partial charge in [0.05, 0.1) is 10.7 Å². The van der Waals surface area contributed by atoms with Crippen LogP contribution in [0, 0.1) is 6.92 Å². The summed E-state index contributed by atoms with van der Waals surface area (Å²) in [7, 11) is 0. The van der Waals surface area contributed by atoms with Gasteiger partial charge in [-0.2, -0.15) is 0 Å². The second kappa shape index (κ2) is 10.2. The van der Waals surface area contributed by atoms with Gasteiger partial charge in [0.1, 0.15) is 5.75 Å². The van der Waals surface area contributed by atoms with Crippen LogP contribution < -0.4 is 4.74 Å². The highest BCUT2D eigenvalue weighted by atomic mass is 32.1. The number of ether oxygens (including phenoxy) is 1. The molecule has 3 rings (SSSR count). The summed E-state index contributed by atoms with van der Waals surface area (Å²) in [5.74, 6) is 1.30. The van der Waals surface area contributed by atoms with E-state index in [1.807, 2.05) is 36.9 Å². The molecule has 1 saturated heterocycles. The third kappa shape index (κ3) is 5.80. The molecule has 29 heavy (non-hydrogen) atoms. The van der Waals surface area contributed by atoms with Gasteiger partial charge >= 0.3 is 0 Å². The molecule has 0 radical (unpaired) electrons. The Hall–Kier alpha value is -1.92. The van der Waals surface area contributed by atoms with E-state index in [-0.39, 0.29) is 5.91 Å². The Morgan fingerprint density at radius 2 is 2.00 bits per heavy atom. The fraction of sp³-hybridized carbons (Fsp3) is 0.565. The van der Waals surface area contributed by atoms with E-state index >= 15 is 0 Å². The van der Waals surface area contributed by atoms with Crippen LogP contribution in [0.2, 0.25) is 0 Å². The standard InChI is InChI=1S/C23H33N3O2S/c1-5-21(28-22-10-7-6-9-20(22)17(2)3)23(27)26-12-8-11-25(13-14-26)15-19-16-29-18(4)24-19/h6-7,9-10,16-17,21H,5,8,11-15H2,1-4H3. The van der Waals surface area contributed by atoms with Crippen molar-refractivity contribution in [2.45, 2.75) is 59.1 Å². The average molecular weight is 416 g/mol. The highest BCUT2D eigenvalue weighted by Crippen LogP contribution is 2.27. The van der Waals surface area contributed by atoms with E-state index in [0.717, 1.165) is 61.2 Å². The topological polar surface area (TPSA) is 45.7 Å². The Balaban J connectivity index is 1.61. The van der Waals surface area contributed by atoms with E-state index < -0.39 is 6.10 Å². The Bertz CT molecular complexity index is 805. The summed E-state index contributed by atoms with van der Waals surface area (Å²) in [5.41, 5.74) is 2.28. The lowest BCUT2D eigenvalue weighted by atomic mass is 10.0. The molecule has 5 nitrogen and oxygen atoms in total. The summed E-state index contributed by atoms with van der Waals surface area (Å²) in [4.78, 5) is 22.2. The molecular formula is C23H33N3O2S. The quantitative estimate of drug-likeness (QED) is 0.669. The second-order valence-corrected chi connectivity index (χ2v) is 9.08. The molecule has 1 amide bonds. The van der Waals surface area contributed by atoms with Crippen molar-refractivity contribution in [2.24, 2.45) is 0 Å². The molecule has 0 bridgehead atoms. The number of aromatic nitrogens is 1. The number of amides is 1. The number of hydrogen-bond acceptors (Lipinski definition) is 5. The lowest BCUT2D eigenvalue weighted by Crippen LogP contribution is -2.43. The normalized spacial score (nSPS) is 16.7. The molecule has 2 aromatic rings. The molecule has 2 heterocycles. The number of thiazole rings is 1. The number of hydrogen-bond donors (Lipinski definition) is 0. The molecule has 1 aliphatic heterocycles. The van der Waals surface area contributed by atoms with Crippen molar-refractivity contribution in [3.05, 3.63) is 45.9 Å². The number of benzene rings is 1. The smallest absolute Gasteiger partial charge is 0.263 e. The van der Waals surface area contributed by atoms with Crippen LogP contribution in [0.1, 0.15) is 55.8 Å². The van der Waals surface area contributed by atoms with Crippen LogP contribution in [0.4, 0.5) is 0 Å². The predicted molar refractivity (Wildman–Crippen MR) is 119 cm³/mol. The van der Waals surface area contributed by atoms with Crippen LogP contribution >= 0.6 is 11.3 Å². The fourth-order valence-corrected chi connectivity index (χ4v) is 4.39. The van der Waals surface area contributed by atoms with E-state index in [9.17, 15) is 4.79 Å². The summed E-state index contributed by atoms with van der Waals surface area (Å²) in [6.45, 7) is 12.6. The lowest BCUT2D eigenvalue weighted by molar-refractivity contribution is -0.138. The number of nitrogens with zero attached hydrogens (tertiary/aromatic N) is 3. The van der Waals surface area contributed by atoms with E-state index in [2.05, 4.69) is 35.2 Å². The first-order valence-electron chi connectivity index (χ1n) is 10.7. The van der Waals surface area contributed by atoms with Crippen molar-refractivity contribution in [1.29, 1.82) is 0 Å². The van der Waals surface area contributed by atoms with Crippen LogP contribution in [-0.2, 0) is 11.3 Å². The first-order chi connectivity index (χ1) is 14.0. The monoisotopic (exact) mass is 415 g/mol. The SMILES string of the molecule is CCC(Oc1ccccc1C(C)C)C(=O)N1CCCN(Cc2csc(C)n2)CC1.